The van der Waals surface area contributed by atoms with Crippen molar-refractivity contribution in [2.75, 3.05) is 0 Å². The van der Waals surface area contributed by atoms with Gasteiger partial charge in [0.05, 0.1) is 0 Å². The summed E-state index contributed by atoms with van der Waals surface area (Å²) in [5.74, 6) is 2.64. The van der Waals surface area contributed by atoms with Crippen LogP contribution in [0.2, 0.25) is 0 Å². The third kappa shape index (κ3) is 16.1. The quantitative estimate of drug-likeness (QED) is 0.0846. The second kappa shape index (κ2) is 31.4. The van der Waals surface area contributed by atoms with Crippen LogP contribution in [-0.2, 0) is 40.2 Å². The summed E-state index contributed by atoms with van der Waals surface area (Å²) in [5.41, 5.74) is 20.0. The van der Waals surface area contributed by atoms with E-state index in [1.165, 1.54) is 16.7 Å². The van der Waals surface area contributed by atoms with E-state index in [0.717, 1.165) is 128 Å². The Kier molecular flexibility index (Phi) is 21.6. The maximum absolute atomic E-state index is 5.01. The van der Waals surface area contributed by atoms with Crippen molar-refractivity contribution in [3.05, 3.63) is 338 Å². The summed E-state index contributed by atoms with van der Waals surface area (Å²) in [4.78, 5) is 28.2. The molecule has 12 aromatic rings. The van der Waals surface area contributed by atoms with Crippen LogP contribution in [0.4, 0.5) is 0 Å². The van der Waals surface area contributed by atoms with Crippen LogP contribution in [0.3, 0.4) is 0 Å². The Balaban J connectivity index is 0.00000424. The molecule has 5 heterocycles. The molecule has 94 heavy (non-hydrogen) atoms. The monoisotopic (exact) mass is 1570 g/mol. The molecule has 0 N–H and O–H groups in total. The van der Waals surface area contributed by atoms with Crippen molar-refractivity contribution in [3.63, 3.8) is 0 Å². The van der Waals surface area contributed by atoms with Gasteiger partial charge in [0.1, 0.15) is 0 Å². The van der Waals surface area contributed by atoms with Crippen molar-refractivity contribution >= 4 is 24.3 Å². The van der Waals surface area contributed by atoms with Gasteiger partial charge in [-0.25, -0.2) is 17.7 Å². The predicted molar refractivity (Wildman–Crippen MR) is 373 cm³/mol. The SMILES string of the molecule is [Ir+3].[Ir+3].[c-]1cc(-c2ccccc2C2CC(/C=C\c3c[c-]c(-c4ccccn4)cc3)CC(/C=C\c3c[c-]c(-c4ccccn4)cc3)C2)c[c-]c1-c1ncc(-c2ccccc2C2CC(/C=C\c3c[c-]c(-c4ccccn4)cc3)CC(/C=C\c3c[c-]c(-c4ccccn4)cc3)C2)cn1. The molecule has 0 bridgehead atoms. The second-order valence-electron chi connectivity index (χ2n) is 24.2. The molecule has 2 fully saturated rings. The summed E-state index contributed by atoms with van der Waals surface area (Å²) in [6, 6.07) is 92.3. The first-order valence-electron chi connectivity index (χ1n) is 31.9. The molecule has 4 atom stereocenters. The van der Waals surface area contributed by atoms with Crippen molar-refractivity contribution < 1.29 is 40.2 Å². The van der Waals surface area contributed by atoms with Crippen LogP contribution in [0.5, 0.6) is 0 Å². The van der Waals surface area contributed by atoms with E-state index >= 15 is 0 Å². The largest absolute Gasteiger partial charge is 3.00 e. The van der Waals surface area contributed by atoms with Gasteiger partial charge in [-0.05, 0) is 138 Å². The maximum atomic E-state index is 5.01. The molecule has 6 nitrogen and oxygen atoms in total. The standard InChI is InChI=1S/C86H66N6.2Ir/c1-2-14-79(75-55-65(25-21-61-29-37-70(38-30-61)82-17-5-9-49-87-82)53-66(56-75)26-22-62-31-39-71(40-32-62)83-18-6-10-50-88-83)78(13-1)69-45-47-74(48-46-69)86-91-59-77(60-92-86)81-16-4-3-15-80(81)76-57-67(27-23-63-33-41-72(42-34-63)84-19-7-11-51-89-84)54-68(58-76)28-24-64-35-43-73(44-36-64)85-20-8-12-52-90-85;;/h1-37,39,41,43,45-46,49-52,59-60,65-68,75-76H,53-58H2;;/q-6;2*+3/b25-21-,26-22-,27-23-,28-24-;;. The second-order valence-corrected chi connectivity index (χ2v) is 24.2. The molecule has 0 radical (unpaired) electrons. The van der Waals surface area contributed by atoms with Crippen LogP contribution in [0.15, 0.2) is 268 Å². The molecule has 8 heteroatoms. The fourth-order valence-corrected chi connectivity index (χ4v) is 13.3. The number of hydrogen-bond acceptors (Lipinski definition) is 6. The zero-order valence-corrected chi connectivity index (χ0v) is 56.6. The number of rotatable bonds is 17. The first-order valence-corrected chi connectivity index (χ1v) is 31.9. The Morgan fingerprint density at radius 1 is 0.298 bits per heavy atom. The maximum Gasteiger partial charge on any atom is 3.00 e. The zero-order valence-electron chi connectivity index (χ0n) is 51.8. The molecule has 2 saturated carbocycles. The van der Waals surface area contributed by atoms with Crippen molar-refractivity contribution in [3.8, 4) is 78.7 Å². The minimum atomic E-state index is 0. The van der Waals surface area contributed by atoms with Gasteiger partial charge >= 0.3 is 40.2 Å². The number of aromatic nitrogens is 6. The van der Waals surface area contributed by atoms with E-state index in [1.807, 2.05) is 110 Å². The summed E-state index contributed by atoms with van der Waals surface area (Å²) in [7, 11) is 0. The first kappa shape index (κ1) is 64.6. The number of allylic oxidation sites excluding steroid dienone is 4. The molecule has 4 unspecified atom stereocenters. The van der Waals surface area contributed by atoms with Crippen molar-refractivity contribution in [2.45, 2.75) is 50.4 Å². The van der Waals surface area contributed by atoms with E-state index in [2.05, 4.69) is 238 Å². The molecule has 0 amide bonds. The minimum absolute atomic E-state index is 0. The number of benzene rings is 7. The van der Waals surface area contributed by atoms with E-state index in [1.54, 1.807) is 0 Å². The molecule has 0 aliphatic heterocycles. The summed E-state index contributed by atoms with van der Waals surface area (Å²) >= 11 is 0. The van der Waals surface area contributed by atoms with E-state index in [9.17, 15) is 0 Å². The molecule has 458 valence electrons. The van der Waals surface area contributed by atoms with Gasteiger partial charge in [0, 0.05) is 42.7 Å². The van der Waals surface area contributed by atoms with Crippen LogP contribution < -0.4 is 0 Å². The summed E-state index contributed by atoms with van der Waals surface area (Å²) in [6.07, 6.45) is 36.3. The van der Waals surface area contributed by atoms with Gasteiger partial charge in [-0.3, -0.25) is 12.1 Å². The Hall–Kier alpha value is -9.52. The van der Waals surface area contributed by atoms with E-state index in [-0.39, 0.29) is 40.2 Å². The van der Waals surface area contributed by atoms with Crippen LogP contribution in [0, 0.1) is 60.1 Å². The van der Waals surface area contributed by atoms with Gasteiger partial charge in [0.2, 0.25) is 0 Å². The summed E-state index contributed by atoms with van der Waals surface area (Å²) in [5, 5.41) is 0. The molecule has 2 aliphatic carbocycles. The van der Waals surface area contributed by atoms with Crippen LogP contribution in [0.1, 0.15) is 83.7 Å². The van der Waals surface area contributed by atoms with Crippen molar-refractivity contribution in [1.82, 2.24) is 29.9 Å². The van der Waals surface area contributed by atoms with Crippen LogP contribution in [0.25, 0.3) is 103 Å². The minimum Gasteiger partial charge on any atom is -0.332 e. The van der Waals surface area contributed by atoms with Crippen molar-refractivity contribution in [1.29, 1.82) is 0 Å². The average molecular weight is 1570 g/mol. The summed E-state index contributed by atoms with van der Waals surface area (Å²) < 4.78 is 0. The van der Waals surface area contributed by atoms with Gasteiger partial charge in [-0.15, -0.1) is 166 Å². The average Bonchev–Trinajstić information content (AvgIpc) is 1.19. The predicted octanol–water partition coefficient (Wildman–Crippen LogP) is 20.4. The van der Waals surface area contributed by atoms with Crippen LogP contribution >= 0.6 is 0 Å². The van der Waals surface area contributed by atoms with Crippen molar-refractivity contribution in [2.24, 2.45) is 23.7 Å². The molecule has 5 aromatic heterocycles. The third-order valence-electron chi connectivity index (χ3n) is 18.0. The Labute approximate surface area is 580 Å². The molecule has 2 aliphatic rings. The summed E-state index contributed by atoms with van der Waals surface area (Å²) in [6.45, 7) is 0. The number of pyridine rings is 4. The van der Waals surface area contributed by atoms with E-state index in [4.69, 9.17) is 9.97 Å². The molecule has 14 rings (SSSR count). The zero-order chi connectivity index (χ0) is 61.7. The fourth-order valence-electron chi connectivity index (χ4n) is 13.3. The first-order chi connectivity index (χ1) is 45.5. The smallest absolute Gasteiger partial charge is 0.332 e. The van der Waals surface area contributed by atoms with Gasteiger partial charge in [0.25, 0.3) is 0 Å². The van der Waals surface area contributed by atoms with Gasteiger partial charge in [-0.1, -0.05) is 132 Å². The van der Waals surface area contributed by atoms with Gasteiger partial charge in [0.15, 0.2) is 0 Å². The topological polar surface area (TPSA) is 77.3 Å². The van der Waals surface area contributed by atoms with Gasteiger partial charge in [-0.2, -0.15) is 5.56 Å². The third-order valence-corrected chi connectivity index (χ3v) is 18.0. The Morgan fingerprint density at radius 2 is 0.617 bits per heavy atom. The Morgan fingerprint density at radius 3 is 0.926 bits per heavy atom. The van der Waals surface area contributed by atoms with Crippen LogP contribution in [-0.4, -0.2) is 29.9 Å². The number of nitrogens with zero attached hydrogens (tertiary/aromatic N) is 6. The molecular weight excluding hydrogens is 1500 g/mol. The number of hydrogen-bond donors (Lipinski definition) is 0. The normalized spacial score (nSPS) is 18.0. The molecule has 0 spiro atoms. The van der Waals surface area contributed by atoms with E-state index in [0.29, 0.717) is 41.3 Å². The molecule has 0 saturated heterocycles. The van der Waals surface area contributed by atoms with E-state index < -0.39 is 0 Å². The molecule has 7 aromatic carbocycles. The van der Waals surface area contributed by atoms with Gasteiger partial charge < -0.3 is 29.9 Å². The fraction of sp³-hybridized carbons (Fsp3) is 0.140. The molecular formula is C86H66Ir2N6. The Bertz CT molecular complexity index is 3990.